The highest BCUT2D eigenvalue weighted by atomic mass is 35.5. The second kappa shape index (κ2) is 7.05. The third kappa shape index (κ3) is 2.72. The molecule has 2 aliphatic heterocycles. The molecule has 0 aromatic heterocycles. The average Bonchev–Trinajstić information content (AvgIpc) is 3.61. The fraction of sp³-hybridized carbons (Fsp3) is 0.391. The predicted molar refractivity (Wildman–Crippen MR) is 115 cm³/mol. The van der Waals surface area contributed by atoms with Crippen molar-refractivity contribution >= 4 is 29.1 Å². The smallest absolute Gasteiger partial charge is 0.247 e. The minimum Gasteiger partial charge on any atom is -0.493 e. The Kier molecular flexibility index (Phi) is 4.55. The van der Waals surface area contributed by atoms with Crippen LogP contribution in [0, 0.1) is 5.41 Å². The highest BCUT2D eigenvalue weighted by Crippen LogP contribution is 2.61. The Balaban J connectivity index is 1.54. The van der Waals surface area contributed by atoms with Crippen molar-refractivity contribution in [3.05, 3.63) is 47.0 Å². The molecule has 31 heavy (non-hydrogen) atoms. The summed E-state index contributed by atoms with van der Waals surface area (Å²) in [6.07, 6.45) is 1.91. The molecule has 5 rings (SSSR count). The van der Waals surface area contributed by atoms with Gasteiger partial charge in [0.2, 0.25) is 17.6 Å². The van der Waals surface area contributed by atoms with E-state index >= 15 is 0 Å². The van der Waals surface area contributed by atoms with Gasteiger partial charge in [-0.1, -0.05) is 11.6 Å². The molecule has 2 aromatic rings. The molecule has 0 N–H and O–H groups in total. The fourth-order valence-electron chi connectivity index (χ4n) is 4.80. The third-order valence-corrected chi connectivity index (χ3v) is 6.73. The lowest BCUT2D eigenvalue weighted by Gasteiger charge is -2.62. The van der Waals surface area contributed by atoms with Crippen molar-refractivity contribution in [1.82, 2.24) is 4.90 Å². The molecule has 1 spiro atoms. The van der Waals surface area contributed by atoms with Gasteiger partial charge in [-0.3, -0.25) is 9.59 Å². The minimum atomic E-state index is -1.09. The summed E-state index contributed by atoms with van der Waals surface area (Å²) >= 11 is 5.98. The summed E-state index contributed by atoms with van der Waals surface area (Å²) in [5.41, 5.74) is 0.457. The molecular formula is C23H23ClN2O5. The Morgan fingerprint density at radius 2 is 1.55 bits per heavy atom. The van der Waals surface area contributed by atoms with Crippen LogP contribution in [0.4, 0.5) is 5.69 Å². The van der Waals surface area contributed by atoms with Crippen molar-refractivity contribution in [2.75, 3.05) is 32.8 Å². The monoisotopic (exact) mass is 442 g/mol. The molecule has 2 amide bonds. The van der Waals surface area contributed by atoms with Gasteiger partial charge in [-0.25, -0.2) is 0 Å². The molecule has 0 radical (unpaired) electrons. The molecule has 1 aliphatic carbocycles. The van der Waals surface area contributed by atoms with Crippen LogP contribution in [0.3, 0.4) is 0 Å². The fourth-order valence-corrected chi connectivity index (χ4v) is 4.93. The van der Waals surface area contributed by atoms with Crippen molar-refractivity contribution < 1.29 is 23.8 Å². The first-order valence-corrected chi connectivity index (χ1v) is 10.5. The summed E-state index contributed by atoms with van der Waals surface area (Å²) < 4.78 is 16.5. The van der Waals surface area contributed by atoms with Crippen LogP contribution in [0.1, 0.15) is 24.4 Å². The second-order valence-corrected chi connectivity index (χ2v) is 8.58. The van der Waals surface area contributed by atoms with Crippen molar-refractivity contribution in [3.8, 4) is 17.2 Å². The number of benzene rings is 2. The number of hydrogen-bond acceptors (Lipinski definition) is 5. The van der Waals surface area contributed by atoms with Crippen molar-refractivity contribution in [2.24, 2.45) is 5.41 Å². The Morgan fingerprint density at radius 1 is 0.935 bits per heavy atom. The number of nitrogens with zero attached hydrogens (tertiary/aromatic N) is 2. The minimum absolute atomic E-state index is 0.0936. The van der Waals surface area contributed by atoms with Crippen LogP contribution >= 0.6 is 11.6 Å². The summed E-state index contributed by atoms with van der Waals surface area (Å²) in [7, 11) is 4.65. The molecule has 2 saturated heterocycles. The number of amides is 2. The van der Waals surface area contributed by atoms with E-state index in [1.165, 1.54) is 0 Å². The maximum atomic E-state index is 13.4. The standard InChI is InChI=1S/C23H23ClN2O5/c1-29-17-10-13(11-18(30-2)19(17)31-3)20-23(22(28)26(20)16-8-9-16)12-25(21(23)27)15-6-4-14(24)5-7-15/h4-7,10-11,16,20H,8-9,12H2,1-3H3/t20-,23-/m0/s1. The first-order valence-electron chi connectivity index (χ1n) is 10.2. The summed E-state index contributed by atoms with van der Waals surface area (Å²) in [5, 5.41) is 0.598. The zero-order valence-electron chi connectivity index (χ0n) is 17.6. The van der Waals surface area contributed by atoms with Gasteiger partial charge >= 0.3 is 0 Å². The molecule has 3 fully saturated rings. The number of ether oxygens (including phenoxy) is 3. The van der Waals surface area contributed by atoms with Crippen LogP contribution in [-0.4, -0.2) is 50.6 Å². The Labute approximate surface area is 185 Å². The van der Waals surface area contributed by atoms with E-state index in [-0.39, 0.29) is 23.9 Å². The molecule has 2 heterocycles. The van der Waals surface area contributed by atoms with Crippen molar-refractivity contribution in [1.29, 1.82) is 0 Å². The molecule has 0 bridgehead atoms. The van der Waals surface area contributed by atoms with Gasteiger partial charge in [0.05, 0.1) is 33.9 Å². The van der Waals surface area contributed by atoms with Gasteiger partial charge in [-0.05, 0) is 54.8 Å². The number of halogens is 1. The highest BCUT2D eigenvalue weighted by Gasteiger charge is 2.74. The van der Waals surface area contributed by atoms with Crippen LogP contribution in [-0.2, 0) is 9.59 Å². The highest BCUT2D eigenvalue weighted by molar-refractivity contribution is 6.30. The van der Waals surface area contributed by atoms with Gasteiger partial charge < -0.3 is 24.0 Å². The largest absolute Gasteiger partial charge is 0.493 e. The van der Waals surface area contributed by atoms with E-state index < -0.39 is 5.41 Å². The van der Waals surface area contributed by atoms with E-state index in [1.54, 1.807) is 50.5 Å². The number of hydrogen-bond donors (Lipinski definition) is 0. The number of carbonyl (C=O) groups is 2. The van der Waals surface area contributed by atoms with Gasteiger partial charge in [0.15, 0.2) is 16.9 Å². The topological polar surface area (TPSA) is 68.3 Å². The SMILES string of the molecule is COc1cc([C@@H]2N(C3CC3)C(=O)[C@@]23CN(c2ccc(Cl)cc2)C3=O)cc(OC)c1OC. The Morgan fingerprint density at radius 3 is 2.03 bits per heavy atom. The lowest BCUT2D eigenvalue weighted by Crippen LogP contribution is -2.79. The summed E-state index contributed by atoms with van der Waals surface area (Å²) in [4.78, 5) is 30.2. The van der Waals surface area contributed by atoms with Gasteiger partial charge in [0.1, 0.15) is 0 Å². The van der Waals surface area contributed by atoms with E-state index in [4.69, 9.17) is 25.8 Å². The van der Waals surface area contributed by atoms with Gasteiger partial charge in [-0.2, -0.15) is 0 Å². The van der Waals surface area contributed by atoms with E-state index in [1.807, 2.05) is 17.0 Å². The number of β-lactam (4-membered cyclic amide) rings is 2. The maximum Gasteiger partial charge on any atom is 0.247 e. The number of methoxy groups -OCH3 is 3. The molecule has 162 valence electrons. The molecule has 7 nitrogen and oxygen atoms in total. The van der Waals surface area contributed by atoms with Crippen LogP contribution in [0.25, 0.3) is 0 Å². The average molecular weight is 443 g/mol. The molecule has 1 saturated carbocycles. The van der Waals surface area contributed by atoms with Crippen molar-refractivity contribution in [2.45, 2.75) is 24.9 Å². The van der Waals surface area contributed by atoms with E-state index in [2.05, 4.69) is 0 Å². The van der Waals surface area contributed by atoms with E-state index in [9.17, 15) is 9.59 Å². The summed E-state index contributed by atoms with van der Waals surface area (Å²) in [5.74, 6) is 1.21. The Bertz CT molecular complexity index is 1040. The quantitative estimate of drug-likeness (QED) is 0.506. The lowest BCUT2D eigenvalue weighted by atomic mass is 9.61. The number of rotatable bonds is 6. The van der Waals surface area contributed by atoms with Crippen LogP contribution < -0.4 is 19.1 Å². The Hall–Kier alpha value is -2.93. The van der Waals surface area contributed by atoms with Crippen LogP contribution in [0.2, 0.25) is 5.02 Å². The number of carbonyl (C=O) groups excluding carboxylic acids is 2. The molecule has 2 aromatic carbocycles. The molecule has 8 heteroatoms. The molecule has 3 aliphatic rings. The lowest BCUT2D eigenvalue weighted by molar-refractivity contribution is -0.185. The normalized spacial score (nSPS) is 24.7. The molecular weight excluding hydrogens is 420 g/mol. The third-order valence-electron chi connectivity index (χ3n) is 6.48. The summed E-state index contributed by atoms with van der Waals surface area (Å²) in [6.45, 7) is 0.330. The molecule has 0 unspecified atom stereocenters. The van der Waals surface area contributed by atoms with E-state index in [0.717, 1.165) is 24.1 Å². The molecule has 2 atom stereocenters. The van der Waals surface area contributed by atoms with Crippen molar-refractivity contribution in [3.63, 3.8) is 0 Å². The van der Waals surface area contributed by atoms with Crippen LogP contribution in [0.5, 0.6) is 17.2 Å². The van der Waals surface area contributed by atoms with E-state index in [0.29, 0.717) is 28.8 Å². The van der Waals surface area contributed by atoms with Gasteiger partial charge in [-0.15, -0.1) is 0 Å². The zero-order chi connectivity index (χ0) is 21.9. The maximum absolute atomic E-state index is 13.4. The zero-order valence-corrected chi connectivity index (χ0v) is 18.3. The van der Waals surface area contributed by atoms with Gasteiger partial charge in [0.25, 0.3) is 0 Å². The summed E-state index contributed by atoms with van der Waals surface area (Å²) in [6, 6.07) is 10.6. The predicted octanol–water partition coefficient (Wildman–Crippen LogP) is 3.44. The first kappa shape index (κ1) is 20.0. The van der Waals surface area contributed by atoms with Crippen LogP contribution in [0.15, 0.2) is 36.4 Å². The first-order chi connectivity index (χ1) is 15.0. The van der Waals surface area contributed by atoms with Gasteiger partial charge in [0, 0.05) is 16.8 Å². The number of likely N-dealkylation sites (tertiary alicyclic amines) is 1. The second-order valence-electron chi connectivity index (χ2n) is 8.14. The number of anilines is 1.